The number of benzene rings is 4. The Balaban J connectivity index is 0.000000573. The van der Waals surface area contributed by atoms with E-state index in [0.29, 0.717) is 12.8 Å². The molecule has 85 heavy (non-hydrogen) atoms. The molecule has 0 fully saturated rings. The summed E-state index contributed by atoms with van der Waals surface area (Å²) in [6, 6.07) is 19.4. The predicted octanol–water partition coefficient (Wildman–Crippen LogP) is 24.1. The third-order valence-electron chi connectivity index (χ3n) is 18.1. The smallest absolute Gasteiger partial charge is 0.744 e. The summed E-state index contributed by atoms with van der Waals surface area (Å²) >= 11 is 0. The first-order chi connectivity index (χ1) is 41.0. The van der Waals surface area contributed by atoms with Crippen LogP contribution in [-0.4, -0.2) is 74.8 Å². The zero-order chi connectivity index (χ0) is 60.6. The van der Waals surface area contributed by atoms with Gasteiger partial charge in [0.2, 0.25) is 0 Å². The summed E-state index contributed by atoms with van der Waals surface area (Å²) < 4.78 is 72.9. The fourth-order valence-electron chi connectivity index (χ4n) is 12.9. The van der Waals surface area contributed by atoms with Gasteiger partial charge in [0.1, 0.15) is 20.2 Å². The van der Waals surface area contributed by atoms with Gasteiger partial charge in [0.05, 0.1) is 9.79 Å². The number of hydrogen-bond donors (Lipinski definition) is 0. The summed E-state index contributed by atoms with van der Waals surface area (Å²) in [6.07, 6.45) is 66.0. The van der Waals surface area contributed by atoms with Crippen LogP contribution in [0.2, 0.25) is 0 Å². The molecule has 0 heterocycles. The molecule has 6 nitrogen and oxygen atoms in total. The zero-order valence-electron chi connectivity index (χ0n) is 55.5. The Bertz CT molecular complexity index is 2300. The second-order valence-electron chi connectivity index (χ2n) is 25.6. The Morgan fingerprint density at radius 3 is 0.659 bits per heavy atom. The molecule has 0 bridgehead atoms. The summed E-state index contributed by atoms with van der Waals surface area (Å²) in [4.78, 5) is -0.0267. The van der Waals surface area contributed by atoms with Crippen LogP contribution >= 0.6 is 0 Å². The number of aryl methyl sites for hydroxylation is 4. The third kappa shape index (κ3) is 37.0. The second kappa shape index (κ2) is 52.4. The Morgan fingerprint density at radius 1 is 0.247 bits per heavy atom. The van der Waals surface area contributed by atoms with Crippen molar-refractivity contribution in [2.75, 3.05) is 0 Å². The van der Waals surface area contributed by atoms with E-state index in [4.69, 9.17) is 0 Å². The van der Waals surface area contributed by atoms with Crippen molar-refractivity contribution in [1.82, 2.24) is 0 Å². The van der Waals surface area contributed by atoms with E-state index in [2.05, 4.69) is 39.8 Å². The van der Waals surface area contributed by atoms with Crippen LogP contribution in [0.15, 0.2) is 70.5 Å². The topological polar surface area (TPSA) is 114 Å². The predicted molar refractivity (Wildman–Crippen MR) is 369 cm³/mol. The summed E-state index contributed by atoms with van der Waals surface area (Å²) in [5.74, 6) is 0. The third-order valence-corrected chi connectivity index (χ3v) is 20.0. The van der Waals surface area contributed by atoms with E-state index in [9.17, 15) is 25.9 Å². The van der Waals surface area contributed by atoms with Gasteiger partial charge in [-0.25, -0.2) is 16.8 Å². The average Bonchev–Trinajstić information content (AvgIpc) is 2.60. The minimum atomic E-state index is -4.49. The van der Waals surface area contributed by atoms with Crippen molar-refractivity contribution < 1.29 is 25.9 Å². The van der Waals surface area contributed by atoms with E-state index < -0.39 is 20.2 Å². The van der Waals surface area contributed by atoms with Crippen molar-refractivity contribution in [3.05, 3.63) is 82.9 Å². The van der Waals surface area contributed by atoms with Crippen molar-refractivity contribution in [1.29, 1.82) is 0 Å². The van der Waals surface area contributed by atoms with Gasteiger partial charge in [-0.2, -0.15) is 0 Å². The van der Waals surface area contributed by atoms with E-state index in [1.165, 1.54) is 281 Å². The fraction of sp³-hybridized carbons (Fsp3) is 0.737. The zero-order valence-corrected chi connectivity index (χ0v) is 61.6. The van der Waals surface area contributed by atoms with Crippen molar-refractivity contribution in [3.8, 4) is 0 Å². The van der Waals surface area contributed by atoms with Crippen LogP contribution in [0.1, 0.15) is 358 Å². The van der Waals surface area contributed by atoms with Gasteiger partial charge < -0.3 is 9.11 Å². The van der Waals surface area contributed by atoms with Crippen molar-refractivity contribution in [2.24, 2.45) is 0 Å². The summed E-state index contributed by atoms with van der Waals surface area (Å²) in [5, 5.41) is 4.18. The molecule has 0 amide bonds. The van der Waals surface area contributed by atoms with E-state index in [0.717, 1.165) is 84.0 Å². The maximum Gasteiger partial charge on any atom is 2.00 e. The Morgan fingerprint density at radius 2 is 0.447 bits per heavy atom. The van der Waals surface area contributed by atoms with Gasteiger partial charge in [0.25, 0.3) is 0 Å². The van der Waals surface area contributed by atoms with Crippen molar-refractivity contribution >= 4 is 90.7 Å². The van der Waals surface area contributed by atoms with Crippen molar-refractivity contribution in [3.63, 3.8) is 0 Å². The van der Waals surface area contributed by atoms with E-state index >= 15 is 0 Å². The first kappa shape index (κ1) is 79.9. The van der Waals surface area contributed by atoms with Gasteiger partial charge in [-0.3, -0.25) is 0 Å². The SMILES string of the molecule is CCCCCCCCCCCCCCc1cccc2c(CCCCCCCCCCCCCC)c(S(=O)(=O)[O-])ccc12.CCCCCCCCCCCCCCc1cccc2c(CCCCCCCCCCCCCC)c(S(=O)(=O)[O-])ccc12.[Ba+2]. The van der Waals surface area contributed by atoms with Crippen LogP contribution in [0.4, 0.5) is 0 Å². The normalized spacial score (nSPS) is 11.8. The van der Waals surface area contributed by atoms with E-state index in [1.54, 1.807) is 12.1 Å². The molecule has 4 aromatic rings. The quantitative estimate of drug-likeness (QED) is 0.0247. The Kier molecular flexibility index (Phi) is 49.3. The Hall–Kier alpha value is -1.21. The van der Waals surface area contributed by atoms with Gasteiger partial charge in [-0.15, -0.1) is 0 Å². The van der Waals surface area contributed by atoms with Crippen LogP contribution in [0.25, 0.3) is 21.5 Å². The molecule has 0 unspecified atom stereocenters. The largest absolute Gasteiger partial charge is 2.00 e. The van der Waals surface area contributed by atoms with Crippen molar-refractivity contribution in [2.45, 2.75) is 371 Å². The molecule has 9 heteroatoms. The number of rotatable bonds is 54. The van der Waals surface area contributed by atoms with Crippen LogP contribution in [0.5, 0.6) is 0 Å². The Labute approximate surface area is 565 Å². The first-order valence-electron chi connectivity index (χ1n) is 36.0. The van der Waals surface area contributed by atoms with Crippen LogP contribution in [0, 0.1) is 0 Å². The van der Waals surface area contributed by atoms with Gasteiger partial charge >= 0.3 is 48.9 Å². The average molecular weight is 1340 g/mol. The van der Waals surface area contributed by atoms with Gasteiger partial charge in [-0.05, 0) is 107 Å². The molecule has 0 spiro atoms. The maximum absolute atomic E-state index is 12.1. The molecule has 0 atom stereocenters. The maximum atomic E-state index is 12.1. The molecule has 0 radical (unpaired) electrons. The molecule has 0 aliphatic rings. The standard InChI is InChI=1S/2C38H64O3S.Ba/c2*1-3-5-7-9-11-13-15-17-19-21-23-25-28-34-29-27-31-36-35(34)32-33-38(42(39,40)41)37(36)30-26-24-22-20-18-16-14-12-10-8-6-4-2;/h2*27,29,31-33H,3-26,28,30H2,1-2H3,(H,39,40,41);/q;;+2/p-2. The summed E-state index contributed by atoms with van der Waals surface area (Å²) in [6.45, 7) is 9.07. The van der Waals surface area contributed by atoms with Gasteiger partial charge in [0.15, 0.2) is 0 Å². The first-order valence-corrected chi connectivity index (χ1v) is 38.8. The summed E-state index contributed by atoms with van der Waals surface area (Å²) in [5.41, 5.74) is 4.05. The molecule has 0 saturated heterocycles. The molecule has 4 rings (SSSR count). The fourth-order valence-corrected chi connectivity index (χ4v) is 14.4. The van der Waals surface area contributed by atoms with E-state index in [1.807, 2.05) is 36.4 Å². The number of fused-ring (bicyclic) bond motifs is 2. The van der Waals surface area contributed by atoms with Gasteiger partial charge in [0, 0.05) is 0 Å². The van der Waals surface area contributed by atoms with Crippen LogP contribution in [-0.2, 0) is 45.9 Å². The number of unbranched alkanes of at least 4 members (excludes halogenated alkanes) is 44. The van der Waals surface area contributed by atoms with Gasteiger partial charge in [-0.1, -0.05) is 359 Å². The minimum absolute atomic E-state index is 0. The molecule has 0 aliphatic carbocycles. The van der Waals surface area contributed by atoms with Crippen LogP contribution < -0.4 is 0 Å². The molecule has 480 valence electrons. The summed E-state index contributed by atoms with van der Waals surface area (Å²) in [7, 11) is -8.99. The minimum Gasteiger partial charge on any atom is -0.744 e. The monoisotopic (exact) mass is 1340 g/mol. The van der Waals surface area contributed by atoms with E-state index in [-0.39, 0.29) is 58.7 Å². The van der Waals surface area contributed by atoms with Crippen LogP contribution in [0.3, 0.4) is 0 Å². The molecule has 0 aliphatic heterocycles. The number of hydrogen-bond acceptors (Lipinski definition) is 6. The molecule has 0 N–H and O–H groups in total. The molecule has 4 aromatic carbocycles. The molecular weight excluding hydrogens is 1210 g/mol. The molecule has 0 aromatic heterocycles. The molecule has 0 saturated carbocycles. The second-order valence-corrected chi connectivity index (χ2v) is 28.3. The molecular formula is C76H126BaO6S2.